The molecule has 0 aromatic carbocycles. The van der Waals surface area contributed by atoms with Gasteiger partial charge in [0, 0.05) is 19.0 Å². The molecule has 0 bridgehead atoms. The molecule has 104 valence electrons. The lowest BCUT2D eigenvalue weighted by atomic mass is 9.86. The molecule has 18 heavy (non-hydrogen) atoms. The highest BCUT2D eigenvalue weighted by Gasteiger charge is 2.19. The lowest BCUT2D eigenvalue weighted by Gasteiger charge is -2.26. The predicted molar refractivity (Wildman–Crippen MR) is 67.8 cm³/mol. The Morgan fingerprint density at radius 2 is 1.89 bits per heavy atom. The highest BCUT2D eigenvalue weighted by molar-refractivity contribution is 5.78. The lowest BCUT2D eigenvalue weighted by molar-refractivity contribution is -0.138. The SMILES string of the molecule is NC1CCC(CNC(=O)CC[C@H](N)C(=O)O)CC1. The van der Waals surface area contributed by atoms with E-state index in [1.807, 2.05) is 0 Å². The standard InChI is InChI=1S/C12H23N3O3/c13-9-3-1-8(2-4-9)7-15-11(16)6-5-10(14)12(17)18/h8-10H,1-7,13-14H2,(H,15,16)(H,17,18)/t8?,9?,10-/m0/s1. The van der Waals surface area contributed by atoms with Gasteiger partial charge in [-0.05, 0) is 38.0 Å². The highest BCUT2D eigenvalue weighted by Crippen LogP contribution is 2.22. The van der Waals surface area contributed by atoms with Gasteiger partial charge in [-0.1, -0.05) is 0 Å². The maximum atomic E-state index is 11.5. The number of hydrogen-bond donors (Lipinski definition) is 4. The van der Waals surface area contributed by atoms with Crippen LogP contribution in [0.1, 0.15) is 38.5 Å². The average molecular weight is 257 g/mol. The van der Waals surface area contributed by atoms with Gasteiger partial charge in [0.25, 0.3) is 0 Å². The van der Waals surface area contributed by atoms with Crippen LogP contribution in [0.25, 0.3) is 0 Å². The average Bonchev–Trinajstić information content (AvgIpc) is 2.35. The van der Waals surface area contributed by atoms with Gasteiger partial charge in [-0.25, -0.2) is 0 Å². The first-order chi connectivity index (χ1) is 8.49. The number of carbonyl (C=O) groups excluding carboxylic acids is 1. The third-order valence-electron chi connectivity index (χ3n) is 3.48. The molecular formula is C12H23N3O3. The Balaban J connectivity index is 2.11. The van der Waals surface area contributed by atoms with Crippen molar-refractivity contribution in [2.75, 3.05) is 6.54 Å². The summed E-state index contributed by atoms with van der Waals surface area (Å²) in [5.41, 5.74) is 11.1. The molecule has 1 saturated carbocycles. The molecule has 0 aromatic rings. The lowest BCUT2D eigenvalue weighted by Crippen LogP contribution is -2.36. The first-order valence-electron chi connectivity index (χ1n) is 6.49. The first kappa shape index (κ1) is 14.9. The molecule has 0 heterocycles. The maximum absolute atomic E-state index is 11.5. The van der Waals surface area contributed by atoms with Crippen molar-refractivity contribution in [2.24, 2.45) is 17.4 Å². The van der Waals surface area contributed by atoms with Crippen molar-refractivity contribution in [3.8, 4) is 0 Å². The Labute approximate surface area is 107 Å². The van der Waals surface area contributed by atoms with Crippen molar-refractivity contribution in [1.29, 1.82) is 0 Å². The zero-order chi connectivity index (χ0) is 13.5. The van der Waals surface area contributed by atoms with Crippen LogP contribution in [0.5, 0.6) is 0 Å². The predicted octanol–water partition coefficient (Wildman–Crippen LogP) is -0.188. The number of aliphatic carboxylic acids is 1. The summed E-state index contributed by atoms with van der Waals surface area (Å²) >= 11 is 0. The van der Waals surface area contributed by atoms with Crippen LogP contribution < -0.4 is 16.8 Å². The number of nitrogens with two attached hydrogens (primary N) is 2. The molecule has 1 aliphatic carbocycles. The van der Waals surface area contributed by atoms with Gasteiger partial charge < -0.3 is 21.9 Å². The van der Waals surface area contributed by atoms with Crippen molar-refractivity contribution in [3.63, 3.8) is 0 Å². The number of hydrogen-bond acceptors (Lipinski definition) is 4. The number of carbonyl (C=O) groups is 2. The summed E-state index contributed by atoms with van der Waals surface area (Å²) in [6, 6.07) is -0.644. The third kappa shape index (κ3) is 5.46. The second-order valence-corrected chi connectivity index (χ2v) is 5.07. The van der Waals surface area contributed by atoms with Gasteiger partial charge in [-0.3, -0.25) is 9.59 Å². The Kier molecular flexibility index (Phi) is 6.07. The number of rotatable bonds is 6. The zero-order valence-corrected chi connectivity index (χ0v) is 10.6. The molecule has 1 rings (SSSR count). The normalized spacial score (nSPS) is 25.4. The highest BCUT2D eigenvalue weighted by atomic mass is 16.4. The second kappa shape index (κ2) is 7.33. The topological polar surface area (TPSA) is 118 Å². The van der Waals surface area contributed by atoms with Crippen LogP contribution in [-0.2, 0) is 9.59 Å². The van der Waals surface area contributed by atoms with Crippen molar-refractivity contribution < 1.29 is 14.7 Å². The fourth-order valence-electron chi connectivity index (χ4n) is 2.15. The Morgan fingerprint density at radius 1 is 1.28 bits per heavy atom. The molecular weight excluding hydrogens is 234 g/mol. The quantitative estimate of drug-likeness (QED) is 0.526. The third-order valence-corrected chi connectivity index (χ3v) is 3.48. The Hall–Kier alpha value is -1.14. The fourth-order valence-corrected chi connectivity index (χ4v) is 2.15. The van der Waals surface area contributed by atoms with E-state index in [1.54, 1.807) is 0 Å². The zero-order valence-electron chi connectivity index (χ0n) is 10.6. The van der Waals surface area contributed by atoms with Crippen LogP contribution in [0.3, 0.4) is 0 Å². The summed E-state index contributed by atoms with van der Waals surface area (Å²) in [4.78, 5) is 22.0. The minimum Gasteiger partial charge on any atom is -0.480 e. The second-order valence-electron chi connectivity index (χ2n) is 5.07. The smallest absolute Gasteiger partial charge is 0.320 e. The largest absolute Gasteiger partial charge is 0.480 e. The summed E-state index contributed by atoms with van der Waals surface area (Å²) < 4.78 is 0. The van der Waals surface area contributed by atoms with Gasteiger partial charge in [0.2, 0.25) is 5.91 Å². The van der Waals surface area contributed by atoms with Crippen LogP contribution in [0, 0.1) is 5.92 Å². The molecule has 0 aromatic heterocycles. The summed E-state index contributed by atoms with van der Waals surface area (Å²) in [5, 5.41) is 11.4. The number of amides is 1. The van der Waals surface area contributed by atoms with E-state index in [-0.39, 0.29) is 18.7 Å². The summed E-state index contributed by atoms with van der Waals surface area (Å²) in [5.74, 6) is -0.687. The molecule has 1 fully saturated rings. The Bertz CT molecular complexity index is 288. The summed E-state index contributed by atoms with van der Waals surface area (Å²) in [7, 11) is 0. The van der Waals surface area contributed by atoms with E-state index in [9.17, 15) is 9.59 Å². The molecule has 1 amide bonds. The van der Waals surface area contributed by atoms with Crippen molar-refractivity contribution in [3.05, 3.63) is 0 Å². The van der Waals surface area contributed by atoms with Crippen LogP contribution in [0.4, 0.5) is 0 Å². The van der Waals surface area contributed by atoms with Crippen LogP contribution in [0.2, 0.25) is 0 Å². The van der Waals surface area contributed by atoms with Crippen LogP contribution in [-0.4, -0.2) is 35.6 Å². The van der Waals surface area contributed by atoms with Gasteiger partial charge >= 0.3 is 5.97 Å². The summed E-state index contributed by atoms with van der Waals surface area (Å²) in [6.45, 7) is 0.661. The molecule has 0 unspecified atom stereocenters. The van der Waals surface area contributed by atoms with Crippen molar-refractivity contribution in [2.45, 2.75) is 50.6 Å². The monoisotopic (exact) mass is 257 g/mol. The molecule has 0 radical (unpaired) electrons. The van der Waals surface area contributed by atoms with E-state index in [0.717, 1.165) is 25.7 Å². The number of carboxylic acids is 1. The van der Waals surface area contributed by atoms with Crippen LogP contribution >= 0.6 is 0 Å². The Morgan fingerprint density at radius 3 is 2.44 bits per heavy atom. The van der Waals surface area contributed by atoms with Gasteiger partial charge in [-0.15, -0.1) is 0 Å². The summed E-state index contributed by atoms with van der Waals surface area (Å²) in [6.07, 6.45) is 4.48. The van der Waals surface area contributed by atoms with Gasteiger partial charge in [0.15, 0.2) is 0 Å². The van der Waals surface area contributed by atoms with Crippen LogP contribution in [0.15, 0.2) is 0 Å². The van der Waals surface area contributed by atoms with Gasteiger partial charge in [-0.2, -0.15) is 0 Å². The van der Waals surface area contributed by atoms with E-state index in [0.29, 0.717) is 18.5 Å². The van der Waals surface area contributed by atoms with Gasteiger partial charge in [0.05, 0.1) is 0 Å². The maximum Gasteiger partial charge on any atom is 0.320 e. The van der Waals surface area contributed by atoms with Crippen molar-refractivity contribution >= 4 is 11.9 Å². The van der Waals surface area contributed by atoms with E-state index in [1.165, 1.54) is 0 Å². The fraction of sp³-hybridized carbons (Fsp3) is 0.833. The molecule has 1 atom stereocenters. The molecule has 1 aliphatic rings. The number of carboxylic acid groups (broad SMARTS) is 1. The minimum atomic E-state index is -1.07. The van der Waals surface area contributed by atoms with E-state index >= 15 is 0 Å². The molecule has 6 N–H and O–H groups in total. The number of nitrogens with one attached hydrogen (secondary N) is 1. The minimum absolute atomic E-state index is 0.124. The molecule has 0 saturated heterocycles. The molecule has 0 aliphatic heterocycles. The van der Waals surface area contributed by atoms with E-state index < -0.39 is 12.0 Å². The molecule has 6 heteroatoms. The molecule has 6 nitrogen and oxygen atoms in total. The van der Waals surface area contributed by atoms with Crippen molar-refractivity contribution in [1.82, 2.24) is 5.32 Å². The van der Waals surface area contributed by atoms with E-state index in [2.05, 4.69) is 5.32 Å². The van der Waals surface area contributed by atoms with E-state index in [4.69, 9.17) is 16.6 Å². The molecule has 0 spiro atoms. The first-order valence-corrected chi connectivity index (χ1v) is 6.49. The van der Waals surface area contributed by atoms with Gasteiger partial charge in [0.1, 0.15) is 6.04 Å².